The molecule has 0 radical (unpaired) electrons. The van der Waals surface area contributed by atoms with Crippen LogP contribution in [0.4, 0.5) is 5.69 Å². The molecule has 0 N–H and O–H groups in total. The molecule has 0 aromatic heterocycles. The number of halogens is 1. The minimum atomic E-state index is -0.361. The van der Waals surface area contributed by atoms with Crippen molar-refractivity contribution in [3.05, 3.63) is 298 Å². The number of nitriles is 1. The number of rotatable bonds is 10. The highest BCUT2D eigenvalue weighted by atomic mass is 79.9. The molecule has 8 heteroatoms. The molecule has 0 amide bonds. The van der Waals surface area contributed by atoms with E-state index < -0.39 is 0 Å². The second-order valence-corrected chi connectivity index (χ2v) is 20.7. The second kappa shape index (κ2) is 24.3. The van der Waals surface area contributed by atoms with Crippen LogP contribution in [0.2, 0.25) is 0 Å². The maximum Gasteiger partial charge on any atom is 0.494 e. The standard InChI is InChI=1S/C32H21NO.C25H25BO3.C13H8BrN/c33-22-23-6-8-24(9-7-23)25-10-12-26(13-11-25)27-14-16-28(17-15-27)29-18-20-31(21-19-29)32(34)30-4-2-1-3-5-30;1-24(2)25(3,4)29-26(28-24)22-16-14-19(15-17-22)18-10-12-21(13-11-18)23(27)20-8-6-5-7-9-20;1-15-13-8-4-11(5-9-13)10-2-6-12(14)7-3-10/h1-21H;5-17H,1-4H3;2-9H. The third-order valence-electron chi connectivity index (χ3n) is 14.1. The first-order chi connectivity index (χ1) is 37.8. The van der Waals surface area contributed by atoms with E-state index in [2.05, 4.69) is 127 Å². The van der Waals surface area contributed by atoms with E-state index in [0.29, 0.717) is 33.5 Å². The molecule has 1 heterocycles. The average Bonchev–Trinajstić information content (AvgIpc) is 3.82. The highest BCUT2D eigenvalue weighted by molar-refractivity contribution is 9.10. The van der Waals surface area contributed by atoms with Crippen LogP contribution < -0.4 is 5.46 Å². The first-order valence-electron chi connectivity index (χ1n) is 25.6. The highest BCUT2D eigenvalue weighted by Crippen LogP contribution is 2.37. The maximum absolute atomic E-state index is 12.6. The lowest BCUT2D eigenvalue weighted by molar-refractivity contribution is 0.00578. The summed E-state index contributed by atoms with van der Waals surface area (Å²) in [6, 6.07) is 84.8. The fourth-order valence-corrected chi connectivity index (χ4v) is 9.03. The van der Waals surface area contributed by atoms with Crippen molar-refractivity contribution < 1.29 is 18.9 Å². The molecule has 0 bridgehead atoms. The van der Waals surface area contributed by atoms with Crippen molar-refractivity contribution in [1.82, 2.24) is 0 Å². The third-order valence-corrected chi connectivity index (χ3v) is 14.6. The monoisotopic (exact) mass is 1080 g/mol. The van der Waals surface area contributed by atoms with Crippen LogP contribution in [0, 0.1) is 17.9 Å². The summed E-state index contributed by atoms with van der Waals surface area (Å²) in [5.74, 6) is 0.0696. The zero-order valence-electron chi connectivity index (χ0n) is 43.7. The van der Waals surface area contributed by atoms with Crippen LogP contribution in [0.1, 0.15) is 65.1 Å². The molecule has 0 unspecified atom stereocenters. The van der Waals surface area contributed by atoms with Gasteiger partial charge in [0.2, 0.25) is 0 Å². The Morgan fingerprint density at radius 1 is 0.410 bits per heavy atom. The first kappa shape index (κ1) is 53.8. The van der Waals surface area contributed by atoms with E-state index in [1.54, 1.807) is 0 Å². The zero-order valence-corrected chi connectivity index (χ0v) is 45.3. The number of carbonyl (C=O) groups excluding carboxylic acids is 2. The molecule has 1 aliphatic heterocycles. The van der Waals surface area contributed by atoms with E-state index in [1.807, 2.05) is 182 Å². The Morgan fingerprint density at radius 2 is 0.679 bits per heavy atom. The van der Waals surface area contributed by atoms with Gasteiger partial charge in [0, 0.05) is 26.7 Å². The summed E-state index contributed by atoms with van der Waals surface area (Å²) in [6.45, 7) is 15.1. The fourth-order valence-electron chi connectivity index (χ4n) is 8.77. The molecule has 6 nitrogen and oxygen atoms in total. The number of benzene rings is 10. The molecule has 0 aliphatic carbocycles. The van der Waals surface area contributed by atoms with Crippen molar-refractivity contribution in [2.24, 2.45) is 0 Å². The first-order valence-corrected chi connectivity index (χ1v) is 26.4. The van der Waals surface area contributed by atoms with E-state index in [4.69, 9.17) is 21.1 Å². The largest absolute Gasteiger partial charge is 0.494 e. The molecular formula is C70H54BBrN2O4. The summed E-state index contributed by atoms with van der Waals surface area (Å²) < 4.78 is 13.3. The number of hydrogen-bond donors (Lipinski definition) is 0. The smallest absolute Gasteiger partial charge is 0.399 e. The Bertz CT molecular complexity index is 3710. The Kier molecular flexibility index (Phi) is 16.8. The van der Waals surface area contributed by atoms with Gasteiger partial charge < -0.3 is 9.31 Å². The predicted molar refractivity (Wildman–Crippen MR) is 321 cm³/mol. The van der Waals surface area contributed by atoms with Gasteiger partial charge in [0.05, 0.1) is 29.4 Å². The molecule has 10 aromatic carbocycles. The average molecular weight is 1080 g/mol. The van der Waals surface area contributed by atoms with E-state index in [-0.39, 0.29) is 29.9 Å². The van der Waals surface area contributed by atoms with Gasteiger partial charge in [-0.05, 0) is 113 Å². The van der Waals surface area contributed by atoms with E-state index in [9.17, 15) is 9.59 Å². The zero-order chi connectivity index (χ0) is 54.7. The Morgan fingerprint density at radius 3 is 1.00 bits per heavy atom. The molecule has 78 heavy (non-hydrogen) atoms. The number of nitrogens with zero attached hydrogens (tertiary/aromatic N) is 2. The van der Waals surface area contributed by atoms with Crippen LogP contribution >= 0.6 is 15.9 Å². The van der Waals surface area contributed by atoms with Crippen molar-refractivity contribution >= 4 is 45.8 Å². The van der Waals surface area contributed by atoms with E-state index >= 15 is 0 Å². The number of carbonyl (C=O) groups is 2. The van der Waals surface area contributed by atoms with Crippen LogP contribution in [-0.2, 0) is 9.31 Å². The second-order valence-electron chi connectivity index (χ2n) is 19.8. The lowest BCUT2D eigenvalue weighted by Crippen LogP contribution is -2.41. The summed E-state index contributed by atoms with van der Waals surface area (Å²) in [4.78, 5) is 28.6. The van der Waals surface area contributed by atoms with Crippen LogP contribution in [0.15, 0.2) is 259 Å². The Labute approximate surface area is 466 Å². The minimum Gasteiger partial charge on any atom is -0.399 e. The minimum absolute atomic E-state index is 0.0342. The normalized spacial score (nSPS) is 12.8. The summed E-state index contributed by atoms with van der Waals surface area (Å²) in [7, 11) is -0.361. The van der Waals surface area contributed by atoms with Crippen molar-refractivity contribution in [3.63, 3.8) is 0 Å². The van der Waals surface area contributed by atoms with Gasteiger partial charge in [-0.3, -0.25) is 9.59 Å². The van der Waals surface area contributed by atoms with Crippen molar-refractivity contribution in [3.8, 4) is 61.7 Å². The molecule has 1 aliphatic rings. The van der Waals surface area contributed by atoms with Crippen LogP contribution in [-0.4, -0.2) is 29.9 Å². The van der Waals surface area contributed by atoms with Gasteiger partial charge in [-0.2, -0.15) is 5.26 Å². The summed E-state index contributed by atoms with van der Waals surface area (Å²) in [5, 5.41) is 8.97. The maximum atomic E-state index is 12.6. The molecule has 10 aromatic rings. The molecule has 1 saturated heterocycles. The SMILES string of the molecule is CC1(C)OB(c2ccc(-c3ccc(C(=O)c4ccccc4)cc3)cc2)OC1(C)C.N#Cc1ccc(-c2ccc(-c3ccc(-c4ccc(C(=O)c5ccccc5)cc4)cc3)cc2)cc1.[C-]#[N+]c1ccc(-c2ccc(Br)cc2)cc1. The van der Waals surface area contributed by atoms with Gasteiger partial charge in [-0.25, -0.2) is 4.85 Å². The quantitative estimate of drug-likeness (QED) is 0.0774. The lowest BCUT2D eigenvalue weighted by atomic mass is 9.78. The Balaban J connectivity index is 0.000000152. The van der Waals surface area contributed by atoms with Gasteiger partial charge in [-0.15, -0.1) is 0 Å². The summed E-state index contributed by atoms with van der Waals surface area (Å²) in [5.41, 5.74) is 15.6. The fraction of sp³-hybridized carbons (Fsp3) is 0.0857. The lowest BCUT2D eigenvalue weighted by Gasteiger charge is -2.32. The summed E-state index contributed by atoms with van der Waals surface area (Å²) >= 11 is 3.40. The molecule has 11 rings (SSSR count). The number of hydrogen-bond acceptors (Lipinski definition) is 5. The molecule has 1 fully saturated rings. The van der Waals surface area contributed by atoms with Crippen molar-refractivity contribution in [2.45, 2.75) is 38.9 Å². The van der Waals surface area contributed by atoms with Crippen molar-refractivity contribution in [2.75, 3.05) is 0 Å². The van der Waals surface area contributed by atoms with Gasteiger partial charge in [0.25, 0.3) is 0 Å². The summed E-state index contributed by atoms with van der Waals surface area (Å²) in [6.07, 6.45) is 0. The van der Waals surface area contributed by atoms with Crippen molar-refractivity contribution in [1.29, 1.82) is 5.26 Å². The van der Waals surface area contributed by atoms with Crippen LogP contribution in [0.3, 0.4) is 0 Å². The van der Waals surface area contributed by atoms with Crippen LogP contribution in [0.5, 0.6) is 0 Å². The molecule has 0 atom stereocenters. The molecular weight excluding hydrogens is 1020 g/mol. The van der Waals surface area contributed by atoms with Gasteiger partial charge in [0.1, 0.15) is 0 Å². The van der Waals surface area contributed by atoms with Gasteiger partial charge >= 0.3 is 7.12 Å². The highest BCUT2D eigenvalue weighted by Gasteiger charge is 2.51. The third kappa shape index (κ3) is 13.0. The predicted octanol–water partition coefficient (Wildman–Crippen LogP) is 17.3. The van der Waals surface area contributed by atoms with Gasteiger partial charge in [0.15, 0.2) is 17.3 Å². The van der Waals surface area contributed by atoms with E-state index in [0.717, 1.165) is 65.6 Å². The molecule has 0 spiro atoms. The van der Waals surface area contributed by atoms with Crippen LogP contribution in [0.25, 0.3) is 60.5 Å². The Hall–Kier alpha value is -9.02. The van der Waals surface area contributed by atoms with Gasteiger partial charge in [-0.1, -0.05) is 246 Å². The molecule has 0 saturated carbocycles. The number of ketones is 2. The molecule has 378 valence electrons. The van der Waals surface area contributed by atoms with E-state index in [1.165, 1.54) is 0 Å². The topological polar surface area (TPSA) is 80.8 Å².